The highest BCUT2D eigenvalue weighted by molar-refractivity contribution is 6.32. The lowest BCUT2D eigenvalue weighted by Gasteiger charge is -2.13. The number of rotatable bonds is 3. The Morgan fingerprint density at radius 1 is 1.44 bits per heavy atom. The lowest BCUT2D eigenvalue weighted by molar-refractivity contribution is -0.274. The number of benzene rings is 1. The zero-order chi connectivity index (χ0) is 12.3. The van der Waals surface area contributed by atoms with E-state index in [2.05, 4.69) is 4.74 Å². The zero-order valence-electron chi connectivity index (χ0n) is 8.38. The molecule has 0 aliphatic rings. The average Bonchev–Trinajstić information content (AvgIpc) is 2.18. The minimum absolute atomic E-state index is 0.101. The summed E-state index contributed by atoms with van der Waals surface area (Å²) in [5.41, 5.74) is 0.655. The van der Waals surface area contributed by atoms with Crippen LogP contribution in [0, 0.1) is 0 Å². The van der Waals surface area contributed by atoms with Crippen LogP contribution in [0.1, 0.15) is 18.4 Å². The molecular weight excluding hydrogens is 245 g/mol. The van der Waals surface area contributed by atoms with Gasteiger partial charge in [0.1, 0.15) is 5.75 Å². The first-order valence-electron chi connectivity index (χ1n) is 4.49. The van der Waals surface area contributed by atoms with Crippen LogP contribution >= 0.6 is 11.6 Å². The molecule has 0 fully saturated rings. The highest BCUT2D eigenvalue weighted by Crippen LogP contribution is 2.32. The topological polar surface area (TPSA) is 29.5 Å². The molecule has 6 heteroatoms. The van der Waals surface area contributed by atoms with Crippen LogP contribution < -0.4 is 4.74 Å². The third-order valence-corrected chi connectivity index (χ3v) is 2.32. The van der Waals surface area contributed by atoms with Gasteiger partial charge in [0.05, 0.1) is 5.02 Å². The van der Waals surface area contributed by atoms with E-state index in [0.717, 1.165) is 6.07 Å². The number of alkyl halides is 3. The van der Waals surface area contributed by atoms with E-state index < -0.39 is 12.1 Å². The number of hydrogen-bond donors (Lipinski definition) is 1. The monoisotopic (exact) mass is 254 g/mol. The molecule has 0 spiro atoms. The van der Waals surface area contributed by atoms with Gasteiger partial charge in [0.15, 0.2) is 0 Å². The van der Waals surface area contributed by atoms with Crippen molar-refractivity contribution in [3.8, 4) is 5.75 Å². The van der Waals surface area contributed by atoms with Gasteiger partial charge in [0.2, 0.25) is 0 Å². The van der Waals surface area contributed by atoms with Crippen molar-refractivity contribution in [2.24, 2.45) is 0 Å². The van der Waals surface area contributed by atoms with Crippen molar-refractivity contribution < 1.29 is 23.0 Å². The molecule has 0 bridgehead atoms. The van der Waals surface area contributed by atoms with E-state index in [1.165, 1.54) is 12.1 Å². The van der Waals surface area contributed by atoms with Crippen molar-refractivity contribution in [1.29, 1.82) is 0 Å². The van der Waals surface area contributed by atoms with Gasteiger partial charge in [-0.15, -0.1) is 13.2 Å². The van der Waals surface area contributed by atoms with Crippen LogP contribution in [-0.4, -0.2) is 18.1 Å². The van der Waals surface area contributed by atoms with Gasteiger partial charge in [-0.3, -0.25) is 0 Å². The van der Waals surface area contributed by atoms with Crippen LogP contribution in [0.3, 0.4) is 0 Å². The summed E-state index contributed by atoms with van der Waals surface area (Å²) in [6.45, 7) is 1.63. The first-order valence-corrected chi connectivity index (χ1v) is 4.87. The van der Waals surface area contributed by atoms with Gasteiger partial charge in [0.25, 0.3) is 0 Å². The van der Waals surface area contributed by atoms with Gasteiger partial charge in [-0.2, -0.15) is 0 Å². The molecule has 1 aromatic carbocycles. The number of hydrogen-bond acceptors (Lipinski definition) is 2. The van der Waals surface area contributed by atoms with Crippen LogP contribution in [0.4, 0.5) is 13.2 Å². The van der Waals surface area contributed by atoms with Gasteiger partial charge in [-0.05, 0) is 17.7 Å². The summed E-state index contributed by atoms with van der Waals surface area (Å²) in [5.74, 6) is -0.625. The summed E-state index contributed by atoms with van der Waals surface area (Å²) in [6.07, 6.45) is -4.76. The molecule has 0 amide bonds. The largest absolute Gasteiger partial charge is 0.573 e. The number of aliphatic hydroxyl groups is 1. The van der Waals surface area contributed by atoms with E-state index in [-0.39, 0.29) is 17.5 Å². The smallest absolute Gasteiger partial charge is 0.404 e. The number of halogens is 4. The van der Waals surface area contributed by atoms with Crippen LogP contribution in [-0.2, 0) is 0 Å². The van der Waals surface area contributed by atoms with Gasteiger partial charge >= 0.3 is 6.36 Å². The van der Waals surface area contributed by atoms with E-state index in [9.17, 15) is 13.2 Å². The molecule has 1 atom stereocenters. The molecule has 0 radical (unpaired) electrons. The highest BCUT2D eigenvalue weighted by Gasteiger charge is 2.32. The quantitative estimate of drug-likeness (QED) is 0.896. The Bertz CT molecular complexity index is 366. The molecule has 0 saturated carbocycles. The molecule has 1 rings (SSSR count). The lowest BCUT2D eigenvalue weighted by Crippen LogP contribution is -2.17. The summed E-state index contributed by atoms with van der Waals surface area (Å²) in [4.78, 5) is 0. The van der Waals surface area contributed by atoms with Gasteiger partial charge in [-0.25, -0.2) is 0 Å². The van der Waals surface area contributed by atoms with Gasteiger partial charge in [0, 0.05) is 12.5 Å². The van der Waals surface area contributed by atoms with Crippen molar-refractivity contribution in [3.63, 3.8) is 0 Å². The normalized spacial score (nSPS) is 13.6. The first kappa shape index (κ1) is 13.1. The molecule has 2 nitrogen and oxygen atoms in total. The molecule has 0 saturated heterocycles. The second kappa shape index (κ2) is 4.93. The third kappa shape index (κ3) is 3.57. The summed E-state index contributed by atoms with van der Waals surface area (Å²) in [7, 11) is 0. The lowest BCUT2D eigenvalue weighted by atomic mass is 10.0. The fourth-order valence-corrected chi connectivity index (χ4v) is 1.36. The van der Waals surface area contributed by atoms with E-state index in [1.807, 2.05) is 0 Å². The van der Waals surface area contributed by atoms with E-state index in [4.69, 9.17) is 16.7 Å². The fraction of sp³-hybridized carbons (Fsp3) is 0.400. The molecular formula is C10H10ClF3O2. The van der Waals surface area contributed by atoms with Crippen LogP contribution in [0.5, 0.6) is 5.75 Å². The molecule has 90 valence electrons. The Balaban J connectivity index is 2.92. The minimum atomic E-state index is -4.76. The fourth-order valence-electron chi connectivity index (χ4n) is 1.14. The SMILES string of the molecule is CC(CO)c1ccc(OC(F)(F)F)c(Cl)c1. The van der Waals surface area contributed by atoms with Crippen molar-refractivity contribution in [2.45, 2.75) is 19.2 Å². The predicted molar refractivity (Wildman–Crippen MR) is 53.6 cm³/mol. The van der Waals surface area contributed by atoms with Crippen LogP contribution in [0.15, 0.2) is 18.2 Å². The molecule has 0 aliphatic heterocycles. The Labute approximate surface area is 95.6 Å². The van der Waals surface area contributed by atoms with Crippen molar-refractivity contribution in [1.82, 2.24) is 0 Å². The van der Waals surface area contributed by atoms with Gasteiger partial charge < -0.3 is 9.84 Å². The van der Waals surface area contributed by atoms with Crippen molar-refractivity contribution in [2.75, 3.05) is 6.61 Å². The van der Waals surface area contributed by atoms with E-state index in [1.54, 1.807) is 6.92 Å². The highest BCUT2D eigenvalue weighted by atomic mass is 35.5. The Morgan fingerprint density at radius 3 is 2.50 bits per heavy atom. The molecule has 1 N–H and O–H groups in total. The number of aliphatic hydroxyl groups excluding tert-OH is 1. The Hall–Kier alpha value is -0.940. The minimum Gasteiger partial charge on any atom is -0.404 e. The van der Waals surface area contributed by atoms with Crippen molar-refractivity contribution >= 4 is 11.6 Å². The molecule has 1 unspecified atom stereocenters. The van der Waals surface area contributed by atoms with E-state index >= 15 is 0 Å². The Kier molecular flexibility index (Phi) is 4.04. The first-order chi connectivity index (χ1) is 7.33. The summed E-state index contributed by atoms with van der Waals surface area (Å²) < 4.78 is 39.5. The maximum absolute atomic E-state index is 11.9. The standard InChI is InChI=1S/C10H10ClF3O2/c1-6(5-15)7-2-3-9(8(11)4-7)16-10(12,13)14/h2-4,6,15H,5H2,1H3. The second-order valence-electron chi connectivity index (χ2n) is 3.32. The molecule has 0 aromatic heterocycles. The van der Waals surface area contributed by atoms with E-state index in [0.29, 0.717) is 5.56 Å². The molecule has 16 heavy (non-hydrogen) atoms. The molecule has 0 aliphatic carbocycles. The predicted octanol–water partition coefficient (Wildman–Crippen LogP) is 3.33. The number of ether oxygens (including phenoxy) is 1. The second-order valence-corrected chi connectivity index (χ2v) is 3.73. The van der Waals surface area contributed by atoms with Crippen LogP contribution in [0.25, 0.3) is 0 Å². The molecule has 1 aromatic rings. The van der Waals surface area contributed by atoms with Gasteiger partial charge in [-0.1, -0.05) is 24.6 Å². The maximum Gasteiger partial charge on any atom is 0.573 e. The van der Waals surface area contributed by atoms with Crippen molar-refractivity contribution in [3.05, 3.63) is 28.8 Å². The Morgan fingerprint density at radius 2 is 2.06 bits per heavy atom. The third-order valence-electron chi connectivity index (χ3n) is 2.02. The summed E-state index contributed by atoms with van der Waals surface area (Å²) in [6, 6.07) is 3.93. The zero-order valence-corrected chi connectivity index (χ0v) is 9.14. The molecule has 0 heterocycles. The maximum atomic E-state index is 11.9. The van der Waals surface area contributed by atoms with Crippen LogP contribution in [0.2, 0.25) is 5.02 Å². The average molecular weight is 255 g/mol. The summed E-state index contributed by atoms with van der Waals surface area (Å²) in [5, 5.41) is 8.75. The summed E-state index contributed by atoms with van der Waals surface area (Å²) >= 11 is 5.63.